The van der Waals surface area contributed by atoms with Crippen molar-refractivity contribution in [1.29, 1.82) is 0 Å². The van der Waals surface area contributed by atoms with Crippen molar-refractivity contribution in [3.63, 3.8) is 0 Å². The van der Waals surface area contributed by atoms with Crippen LogP contribution in [0.25, 0.3) is 0 Å². The molecule has 3 aliphatic rings. The number of rotatable bonds is 4. The summed E-state index contributed by atoms with van der Waals surface area (Å²) in [4.78, 5) is 11.5. The van der Waals surface area contributed by atoms with Crippen LogP contribution in [-0.4, -0.2) is 42.0 Å². The third-order valence-corrected chi connectivity index (χ3v) is 9.74. The summed E-state index contributed by atoms with van der Waals surface area (Å²) < 4.78 is 34.3. The molecule has 0 aliphatic carbocycles. The van der Waals surface area contributed by atoms with Crippen LogP contribution in [-0.2, 0) is 21.3 Å². The number of Topliss-reactive ketones (excluding diaryl/α,β-unsaturated/α-hetero) is 1. The lowest BCUT2D eigenvalue weighted by atomic mass is 9.77. The van der Waals surface area contributed by atoms with Gasteiger partial charge in [-0.25, -0.2) is 8.42 Å². The molecule has 4 atom stereocenters. The third-order valence-electron chi connectivity index (χ3n) is 6.69. The van der Waals surface area contributed by atoms with E-state index >= 15 is 0 Å². The molecule has 3 heterocycles. The molecule has 2 bridgehead atoms. The van der Waals surface area contributed by atoms with Crippen molar-refractivity contribution >= 4 is 39.0 Å². The average molecular weight is 466 g/mol. The lowest BCUT2D eigenvalue weighted by Crippen LogP contribution is -2.39. The Labute approximate surface area is 186 Å². The number of hydrogen-bond donors (Lipinski definition) is 0. The molecule has 0 radical (unpaired) electrons. The molecule has 0 N–H and O–H groups in total. The van der Waals surface area contributed by atoms with E-state index in [1.807, 2.05) is 24.3 Å². The van der Waals surface area contributed by atoms with Gasteiger partial charge in [-0.05, 0) is 43.0 Å². The normalized spacial score (nSPS) is 31.8. The zero-order valence-electron chi connectivity index (χ0n) is 16.3. The summed E-state index contributed by atoms with van der Waals surface area (Å²) in [6.45, 7) is 2.15. The predicted octanol–water partition coefficient (Wildman–Crippen LogP) is 4.43. The number of sulfonamides is 1. The molecule has 158 valence electrons. The topological polar surface area (TPSA) is 63.7 Å². The highest BCUT2D eigenvalue weighted by molar-refractivity contribution is 7.90. The van der Waals surface area contributed by atoms with Gasteiger partial charge in [0.1, 0.15) is 10.9 Å². The molecule has 0 unspecified atom stereocenters. The van der Waals surface area contributed by atoms with E-state index in [1.54, 1.807) is 25.1 Å². The zero-order valence-corrected chi connectivity index (χ0v) is 18.7. The van der Waals surface area contributed by atoms with Crippen molar-refractivity contribution in [2.24, 2.45) is 0 Å². The van der Waals surface area contributed by atoms with Gasteiger partial charge in [0, 0.05) is 24.6 Å². The molecule has 3 aliphatic heterocycles. The Bertz CT molecular complexity index is 1130. The number of benzene rings is 2. The summed E-state index contributed by atoms with van der Waals surface area (Å²) >= 11 is 12.1. The fourth-order valence-corrected chi connectivity index (χ4v) is 7.84. The molecule has 2 aromatic rings. The molecule has 3 fully saturated rings. The van der Waals surface area contributed by atoms with E-state index < -0.39 is 20.9 Å². The van der Waals surface area contributed by atoms with Crippen LogP contribution >= 0.6 is 23.2 Å². The van der Waals surface area contributed by atoms with Gasteiger partial charge in [-0.3, -0.25) is 4.79 Å². The van der Waals surface area contributed by atoms with Crippen LogP contribution in [0, 0.1) is 0 Å². The predicted molar refractivity (Wildman–Crippen MR) is 116 cm³/mol. The van der Waals surface area contributed by atoms with E-state index in [0.29, 0.717) is 35.0 Å². The van der Waals surface area contributed by atoms with Gasteiger partial charge in [0.25, 0.3) is 0 Å². The summed E-state index contributed by atoms with van der Waals surface area (Å²) in [5.41, 5.74) is 1.90. The molecule has 0 amide bonds. The highest BCUT2D eigenvalue weighted by Crippen LogP contribution is 2.57. The van der Waals surface area contributed by atoms with Gasteiger partial charge in [-0.1, -0.05) is 53.5 Å². The minimum Gasteiger partial charge on any atom is -0.368 e. The van der Waals surface area contributed by atoms with Crippen molar-refractivity contribution in [3.8, 4) is 0 Å². The molecule has 0 aromatic heterocycles. The number of carbonyl (C=O) groups excluding carboxylic acids is 1. The van der Waals surface area contributed by atoms with Gasteiger partial charge < -0.3 is 4.74 Å². The smallest absolute Gasteiger partial charge is 0.220 e. The van der Waals surface area contributed by atoms with Crippen LogP contribution < -0.4 is 0 Å². The summed E-state index contributed by atoms with van der Waals surface area (Å²) in [7, 11) is -3.46. The zero-order chi connectivity index (χ0) is 21.3. The summed E-state index contributed by atoms with van der Waals surface area (Å²) in [5.74, 6) is 0.173. The van der Waals surface area contributed by atoms with E-state index in [1.165, 1.54) is 4.31 Å². The summed E-state index contributed by atoms with van der Waals surface area (Å²) in [6.07, 6.45) is 1.05. The lowest BCUT2D eigenvalue weighted by Gasteiger charge is -2.26. The molecule has 5 nitrogen and oxygen atoms in total. The van der Waals surface area contributed by atoms with Crippen LogP contribution in [0.15, 0.2) is 42.5 Å². The number of ketones is 1. The number of carbonyl (C=O) groups is 1. The number of fused-ring (bicyclic) bond motifs is 1. The van der Waals surface area contributed by atoms with E-state index in [-0.39, 0.29) is 24.3 Å². The van der Waals surface area contributed by atoms with E-state index in [0.717, 1.165) is 11.1 Å². The maximum Gasteiger partial charge on any atom is 0.220 e. The fourth-order valence-electron chi connectivity index (χ4n) is 5.23. The first-order chi connectivity index (χ1) is 14.2. The second-order valence-electron chi connectivity index (χ2n) is 8.50. The van der Waals surface area contributed by atoms with Gasteiger partial charge in [-0.2, -0.15) is 4.31 Å². The second kappa shape index (κ2) is 7.04. The van der Waals surface area contributed by atoms with E-state index in [9.17, 15) is 13.2 Å². The molecule has 3 saturated heterocycles. The minimum absolute atomic E-state index is 0.0317. The highest BCUT2D eigenvalue weighted by Gasteiger charge is 2.68. The molecular weight excluding hydrogens is 445 g/mol. The highest BCUT2D eigenvalue weighted by atomic mass is 35.5. The first-order valence-electron chi connectivity index (χ1n) is 9.91. The van der Waals surface area contributed by atoms with Crippen molar-refractivity contribution in [1.82, 2.24) is 4.31 Å². The summed E-state index contributed by atoms with van der Waals surface area (Å²) in [5, 5.41) is 0.349. The largest absolute Gasteiger partial charge is 0.368 e. The maximum absolute atomic E-state index is 13.2. The molecular formula is C22H21Cl2NO4S. The number of hydrogen-bond acceptors (Lipinski definition) is 4. The monoisotopic (exact) mass is 465 g/mol. The molecule has 5 rings (SSSR count). The van der Waals surface area contributed by atoms with Gasteiger partial charge in [0.2, 0.25) is 10.0 Å². The second-order valence-corrected chi connectivity index (χ2v) is 11.4. The van der Waals surface area contributed by atoms with Crippen molar-refractivity contribution in [3.05, 3.63) is 69.2 Å². The Morgan fingerprint density at radius 1 is 1.17 bits per heavy atom. The SMILES string of the molecule is CC(=O)c1ccc([C@H]2C[C@]34CN(Cc5ccc(Cl)c(Cl)c5)S(=O)(=O)[C@H]3C[C@H]2O4)cc1. The van der Waals surface area contributed by atoms with Crippen LogP contribution in [0.5, 0.6) is 0 Å². The minimum atomic E-state index is -3.46. The van der Waals surface area contributed by atoms with E-state index in [2.05, 4.69) is 0 Å². The van der Waals surface area contributed by atoms with Gasteiger partial charge >= 0.3 is 0 Å². The van der Waals surface area contributed by atoms with Gasteiger partial charge in [0.05, 0.1) is 16.1 Å². The average Bonchev–Trinajstić information content (AvgIpc) is 3.32. The molecule has 0 saturated carbocycles. The molecule has 8 heteroatoms. The van der Waals surface area contributed by atoms with Crippen LogP contribution in [0.2, 0.25) is 10.0 Å². The maximum atomic E-state index is 13.2. The van der Waals surface area contributed by atoms with Gasteiger partial charge in [-0.15, -0.1) is 0 Å². The first kappa shape index (κ1) is 20.5. The Kier molecular flexibility index (Phi) is 4.80. The van der Waals surface area contributed by atoms with Crippen molar-refractivity contribution < 1.29 is 17.9 Å². The number of ether oxygens (including phenoxy) is 1. The van der Waals surface area contributed by atoms with E-state index in [4.69, 9.17) is 27.9 Å². The van der Waals surface area contributed by atoms with Crippen molar-refractivity contribution in [2.45, 2.75) is 49.2 Å². The number of halogens is 2. The van der Waals surface area contributed by atoms with Gasteiger partial charge in [0.15, 0.2) is 5.78 Å². The molecule has 1 spiro atoms. The van der Waals surface area contributed by atoms with Crippen molar-refractivity contribution in [2.75, 3.05) is 6.54 Å². The third kappa shape index (κ3) is 3.12. The quantitative estimate of drug-likeness (QED) is 0.626. The first-order valence-corrected chi connectivity index (χ1v) is 12.2. The fraction of sp³-hybridized carbons (Fsp3) is 0.409. The Hall–Kier alpha value is -1.44. The van der Waals surface area contributed by atoms with Crippen LogP contribution in [0.1, 0.15) is 47.2 Å². The number of nitrogens with zero attached hydrogens (tertiary/aromatic N) is 1. The summed E-state index contributed by atoms with van der Waals surface area (Å²) in [6, 6.07) is 12.8. The molecule has 30 heavy (non-hydrogen) atoms. The lowest BCUT2D eigenvalue weighted by molar-refractivity contribution is 0.0108. The molecule has 2 aromatic carbocycles. The van der Waals surface area contributed by atoms with Crippen LogP contribution in [0.4, 0.5) is 0 Å². The van der Waals surface area contributed by atoms with Crippen LogP contribution in [0.3, 0.4) is 0 Å². The Morgan fingerprint density at radius 3 is 2.57 bits per heavy atom. The standard InChI is InChI=1S/C22H21Cl2NO4S/c1-13(26)15-3-5-16(6-4-15)17-10-22-12-25(11-14-2-7-18(23)19(24)8-14)30(27,28)21(22)9-20(17)29-22/h2-8,17,20-21H,9-12H2,1H3/t17-,20-,21+,22+/m1/s1. The Morgan fingerprint density at radius 2 is 1.90 bits per heavy atom. The Balaban J connectivity index is 1.38.